The van der Waals surface area contributed by atoms with Gasteiger partial charge < -0.3 is 10.2 Å². The van der Waals surface area contributed by atoms with Crippen molar-refractivity contribution in [2.45, 2.75) is 32.7 Å². The van der Waals surface area contributed by atoms with Gasteiger partial charge in [-0.15, -0.1) is 0 Å². The Morgan fingerprint density at radius 3 is 2.75 bits per heavy atom. The molecule has 0 aliphatic carbocycles. The molecule has 1 saturated heterocycles. The summed E-state index contributed by atoms with van der Waals surface area (Å²) in [5.41, 5.74) is 1.12. The summed E-state index contributed by atoms with van der Waals surface area (Å²) in [6.45, 7) is 8.45. The molecule has 5 nitrogen and oxygen atoms in total. The number of nitrogens with one attached hydrogen (secondary N) is 1. The summed E-state index contributed by atoms with van der Waals surface area (Å²) < 4.78 is 0. The van der Waals surface area contributed by atoms with E-state index in [1.807, 2.05) is 0 Å². The van der Waals surface area contributed by atoms with Gasteiger partial charge >= 0.3 is 0 Å². The first kappa shape index (κ1) is 15.2. The van der Waals surface area contributed by atoms with Gasteiger partial charge in [-0.2, -0.15) is 0 Å². The number of nitrogens with zero attached hydrogens (tertiary/aromatic N) is 4. The fourth-order valence-corrected chi connectivity index (χ4v) is 2.48. The highest BCUT2D eigenvalue weighted by Crippen LogP contribution is 2.22. The van der Waals surface area contributed by atoms with E-state index in [-0.39, 0.29) is 0 Å². The molecule has 1 unspecified atom stereocenters. The molecule has 2 heterocycles. The van der Waals surface area contributed by atoms with Gasteiger partial charge in [0, 0.05) is 37.9 Å². The molecule has 0 bridgehead atoms. The van der Waals surface area contributed by atoms with Gasteiger partial charge in [-0.1, -0.05) is 13.8 Å². The minimum absolute atomic E-state index is 0.294. The van der Waals surface area contributed by atoms with Gasteiger partial charge in [0.05, 0.1) is 6.04 Å². The monoisotopic (exact) mass is 277 g/mol. The predicted octanol–water partition coefficient (Wildman–Crippen LogP) is 1.78. The fraction of sp³-hybridized carbons (Fsp3) is 0.733. The van der Waals surface area contributed by atoms with Crippen LogP contribution in [0.15, 0.2) is 6.07 Å². The molecule has 0 amide bonds. The summed E-state index contributed by atoms with van der Waals surface area (Å²) in [4.78, 5) is 14.2. The number of piperazine rings is 1. The van der Waals surface area contributed by atoms with Crippen molar-refractivity contribution in [2.75, 3.05) is 45.6 Å². The van der Waals surface area contributed by atoms with Crippen molar-refractivity contribution in [1.29, 1.82) is 0 Å². The zero-order valence-electron chi connectivity index (χ0n) is 13.2. The normalized spacial score (nSPS) is 21.1. The van der Waals surface area contributed by atoms with Crippen molar-refractivity contribution in [3.8, 4) is 0 Å². The highest BCUT2D eigenvalue weighted by molar-refractivity contribution is 5.36. The van der Waals surface area contributed by atoms with Crippen molar-refractivity contribution in [1.82, 2.24) is 19.8 Å². The third-order valence-electron chi connectivity index (χ3n) is 3.86. The highest BCUT2D eigenvalue weighted by atomic mass is 15.3. The summed E-state index contributed by atoms with van der Waals surface area (Å²) >= 11 is 0. The number of aryl methyl sites for hydroxylation is 1. The largest absolute Gasteiger partial charge is 0.370 e. The summed E-state index contributed by atoms with van der Waals surface area (Å²) in [5.74, 6) is 1.92. The van der Waals surface area contributed by atoms with Gasteiger partial charge in [-0.3, -0.25) is 4.90 Å². The lowest BCUT2D eigenvalue weighted by molar-refractivity contribution is 0.109. The quantitative estimate of drug-likeness (QED) is 0.889. The molecule has 0 spiro atoms. The average molecular weight is 277 g/mol. The van der Waals surface area contributed by atoms with Crippen LogP contribution in [-0.2, 0) is 6.42 Å². The maximum absolute atomic E-state index is 4.75. The Bertz CT molecular complexity index is 434. The Kier molecular flexibility index (Phi) is 5.31. The molecule has 1 aliphatic rings. The Labute approximate surface area is 122 Å². The zero-order valence-corrected chi connectivity index (χ0v) is 13.2. The molecule has 1 atom stereocenters. The molecule has 0 radical (unpaired) electrons. The first-order valence-electron chi connectivity index (χ1n) is 7.64. The number of anilines is 1. The molecule has 1 N–H and O–H groups in total. The van der Waals surface area contributed by atoms with E-state index in [1.54, 1.807) is 0 Å². The van der Waals surface area contributed by atoms with Crippen LogP contribution in [0.3, 0.4) is 0 Å². The van der Waals surface area contributed by atoms with E-state index < -0.39 is 0 Å². The van der Waals surface area contributed by atoms with Crippen LogP contribution in [0.5, 0.6) is 0 Å². The summed E-state index contributed by atoms with van der Waals surface area (Å²) in [6, 6.07) is 2.37. The van der Waals surface area contributed by atoms with Gasteiger partial charge in [0.2, 0.25) is 0 Å². The second kappa shape index (κ2) is 6.99. The molecule has 1 aromatic heterocycles. The standard InChI is InChI=1S/C15H27N5/c1-5-7-16-14-10-12(6-2)17-15(18-14)13-11-19(3)8-9-20(13)4/h10,13H,5-9,11H2,1-4H3,(H,16,17,18). The van der Waals surface area contributed by atoms with Gasteiger partial charge in [0.1, 0.15) is 11.6 Å². The third-order valence-corrected chi connectivity index (χ3v) is 3.86. The Morgan fingerprint density at radius 2 is 2.05 bits per heavy atom. The van der Waals surface area contributed by atoms with Crippen molar-refractivity contribution in [3.05, 3.63) is 17.6 Å². The summed E-state index contributed by atoms with van der Waals surface area (Å²) in [5, 5.41) is 3.39. The molecule has 0 saturated carbocycles. The van der Waals surface area contributed by atoms with E-state index in [9.17, 15) is 0 Å². The van der Waals surface area contributed by atoms with Crippen LogP contribution in [0.4, 0.5) is 5.82 Å². The fourth-order valence-electron chi connectivity index (χ4n) is 2.48. The van der Waals surface area contributed by atoms with Crippen LogP contribution in [0, 0.1) is 0 Å². The van der Waals surface area contributed by atoms with E-state index in [2.05, 4.69) is 49.1 Å². The molecule has 20 heavy (non-hydrogen) atoms. The Hall–Kier alpha value is -1.20. The molecule has 0 aromatic carbocycles. The summed E-state index contributed by atoms with van der Waals surface area (Å²) in [7, 11) is 4.33. The maximum atomic E-state index is 4.75. The number of aromatic nitrogens is 2. The van der Waals surface area contributed by atoms with Crippen molar-refractivity contribution in [3.63, 3.8) is 0 Å². The summed E-state index contributed by atoms with van der Waals surface area (Å²) in [6.07, 6.45) is 2.05. The van der Waals surface area contributed by atoms with E-state index in [4.69, 9.17) is 9.97 Å². The first-order valence-corrected chi connectivity index (χ1v) is 7.64. The SMILES string of the molecule is CCCNc1cc(CC)nc(C2CN(C)CCN2C)n1. The van der Waals surface area contributed by atoms with Gasteiger partial charge in [0.15, 0.2) is 0 Å². The highest BCUT2D eigenvalue weighted by Gasteiger charge is 2.26. The number of hydrogen-bond acceptors (Lipinski definition) is 5. The van der Waals surface area contributed by atoms with Crippen LogP contribution < -0.4 is 5.32 Å². The minimum atomic E-state index is 0.294. The number of rotatable bonds is 5. The Balaban J connectivity index is 2.24. The van der Waals surface area contributed by atoms with E-state index in [0.717, 1.165) is 56.4 Å². The molecule has 1 aliphatic heterocycles. The van der Waals surface area contributed by atoms with Crippen LogP contribution >= 0.6 is 0 Å². The van der Waals surface area contributed by atoms with Gasteiger partial charge in [-0.05, 0) is 26.9 Å². The van der Waals surface area contributed by atoms with E-state index in [0.29, 0.717) is 6.04 Å². The third kappa shape index (κ3) is 3.67. The molecule has 1 fully saturated rings. The van der Waals surface area contributed by atoms with Crippen LogP contribution in [0.1, 0.15) is 37.8 Å². The lowest BCUT2D eigenvalue weighted by atomic mass is 10.1. The lowest BCUT2D eigenvalue weighted by Gasteiger charge is -2.36. The topological polar surface area (TPSA) is 44.3 Å². The van der Waals surface area contributed by atoms with Gasteiger partial charge in [-0.25, -0.2) is 9.97 Å². The second-order valence-electron chi connectivity index (χ2n) is 5.64. The molecule has 5 heteroatoms. The predicted molar refractivity (Wildman–Crippen MR) is 83.1 cm³/mol. The van der Waals surface area contributed by atoms with E-state index >= 15 is 0 Å². The number of likely N-dealkylation sites (N-methyl/N-ethyl adjacent to an activating group) is 2. The van der Waals surface area contributed by atoms with Crippen molar-refractivity contribution < 1.29 is 0 Å². The van der Waals surface area contributed by atoms with Crippen LogP contribution in [0.25, 0.3) is 0 Å². The molecule has 112 valence electrons. The maximum Gasteiger partial charge on any atom is 0.149 e. The van der Waals surface area contributed by atoms with Crippen molar-refractivity contribution >= 4 is 5.82 Å². The zero-order chi connectivity index (χ0) is 14.5. The van der Waals surface area contributed by atoms with Gasteiger partial charge in [0.25, 0.3) is 0 Å². The minimum Gasteiger partial charge on any atom is -0.370 e. The van der Waals surface area contributed by atoms with Crippen LogP contribution in [0.2, 0.25) is 0 Å². The Morgan fingerprint density at radius 1 is 1.25 bits per heavy atom. The average Bonchev–Trinajstić information content (AvgIpc) is 2.47. The smallest absolute Gasteiger partial charge is 0.149 e. The van der Waals surface area contributed by atoms with Crippen LogP contribution in [-0.4, -0.2) is 60.0 Å². The van der Waals surface area contributed by atoms with E-state index in [1.165, 1.54) is 0 Å². The molecule has 1 aromatic rings. The number of hydrogen-bond donors (Lipinski definition) is 1. The van der Waals surface area contributed by atoms with Crippen molar-refractivity contribution in [2.24, 2.45) is 0 Å². The molecule has 2 rings (SSSR count). The molecular weight excluding hydrogens is 250 g/mol. The lowest BCUT2D eigenvalue weighted by Crippen LogP contribution is -2.45. The molecular formula is C15H27N5. The second-order valence-corrected chi connectivity index (χ2v) is 5.64. The first-order chi connectivity index (χ1) is 9.63.